The first-order valence-corrected chi connectivity index (χ1v) is 15.5. The number of hydrogen-bond acceptors (Lipinski definition) is 0. The molecule has 42 heavy (non-hydrogen) atoms. The first kappa shape index (κ1) is 27.9. The predicted octanol–water partition coefficient (Wildman–Crippen LogP) is 12.1. The molecule has 0 saturated heterocycles. The molecule has 0 fully saturated rings. The summed E-state index contributed by atoms with van der Waals surface area (Å²) in [6.45, 7) is 0. The Balaban J connectivity index is 1.28. The van der Waals surface area contributed by atoms with Crippen LogP contribution in [0.1, 0.15) is 33.4 Å². The van der Waals surface area contributed by atoms with E-state index in [0.717, 1.165) is 8.95 Å². The van der Waals surface area contributed by atoms with Crippen LogP contribution in [0.3, 0.4) is 0 Å². The standard InChI is InChI=1S/C40H28Br2/c41-37-23-19-35(20-24-37)39(33-7-3-1-4-8-33)27-29-11-15-31(16-12-29)32-17-13-30(14-18-32)28-40(34-9-5-2-6-10-34)36-21-25-38(42)26-22-36/h1-28H/b39-27+,40-28+. The molecule has 0 saturated carbocycles. The highest BCUT2D eigenvalue weighted by Crippen LogP contribution is 2.30. The Morgan fingerprint density at radius 3 is 0.976 bits per heavy atom. The van der Waals surface area contributed by atoms with Gasteiger partial charge < -0.3 is 0 Å². The molecule has 0 aliphatic heterocycles. The average Bonchev–Trinajstić information content (AvgIpc) is 3.05. The molecular formula is C40H28Br2. The molecule has 6 aromatic carbocycles. The molecule has 6 rings (SSSR count). The lowest BCUT2D eigenvalue weighted by molar-refractivity contribution is 1.53. The van der Waals surface area contributed by atoms with E-state index in [2.05, 4.69) is 202 Å². The van der Waals surface area contributed by atoms with Gasteiger partial charge in [-0.2, -0.15) is 0 Å². The lowest BCUT2D eigenvalue weighted by atomic mass is 9.94. The van der Waals surface area contributed by atoms with Crippen molar-refractivity contribution in [1.29, 1.82) is 0 Å². The molecule has 0 aliphatic carbocycles. The Bertz CT molecular complexity index is 1670. The second-order valence-corrected chi connectivity index (χ2v) is 11.9. The number of rotatable bonds is 7. The number of benzene rings is 6. The maximum atomic E-state index is 3.56. The first-order chi connectivity index (χ1) is 20.6. The normalized spacial score (nSPS) is 11.9. The average molecular weight is 668 g/mol. The molecule has 0 N–H and O–H groups in total. The maximum absolute atomic E-state index is 3.56. The van der Waals surface area contributed by atoms with Gasteiger partial charge in [-0.1, -0.05) is 165 Å². The van der Waals surface area contributed by atoms with Crippen LogP contribution in [0.4, 0.5) is 0 Å². The minimum atomic E-state index is 1.08. The quantitative estimate of drug-likeness (QED) is 0.149. The van der Waals surface area contributed by atoms with Crippen LogP contribution < -0.4 is 0 Å². The van der Waals surface area contributed by atoms with Gasteiger partial charge in [0, 0.05) is 8.95 Å². The summed E-state index contributed by atoms with van der Waals surface area (Å²) in [5.41, 5.74) is 11.9. The van der Waals surface area contributed by atoms with E-state index in [1.807, 2.05) is 0 Å². The fourth-order valence-electron chi connectivity index (χ4n) is 5.04. The zero-order chi connectivity index (χ0) is 28.7. The Labute approximate surface area is 265 Å². The fraction of sp³-hybridized carbons (Fsp3) is 0. The van der Waals surface area contributed by atoms with Gasteiger partial charge in [-0.3, -0.25) is 0 Å². The maximum Gasteiger partial charge on any atom is 0.0175 e. The van der Waals surface area contributed by atoms with Crippen molar-refractivity contribution >= 4 is 55.2 Å². The molecule has 0 nitrogen and oxygen atoms in total. The summed E-state index contributed by atoms with van der Waals surface area (Å²) in [5.74, 6) is 0. The summed E-state index contributed by atoms with van der Waals surface area (Å²) in [5, 5.41) is 0. The van der Waals surface area contributed by atoms with Crippen molar-refractivity contribution in [3.05, 3.63) is 200 Å². The van der Waals surface area contributed by atoms with Crippen molar-refractivity contribution in [3.63, 3.8) is 0 Å². The second-order valence-electron chi connectivity index (χ2n) is 10.1. The highest BCUT2D eigenvalue weighted by molar-refractivity contribution is 9.10. The monoisotopic (exact) mass is 666 g/mol. The first-order valence-electron chi connectivity index (χ1n) is 13.9. The summed E-state index contributed by atoms with van der Waals surface area (Å²) in [4.78, 5) is 0. The summed E-state index contributed by atoms with van der Waals surface area (Å²) < 4.78 is 2.16. The Morgan fingerprint density at radius 2 is 0.643 bits per heavy atom. The third-order valence-corrected chi connectivity index (χ3v) is 8.31. The molecule has 2 heteroatoms. The van der Waals surface area contributed by atoms with Crippen LogP contribution in [0, 0.1) is 0 Å². The fourth-order valence-corrected chi connectivity index (χ4v) is 5.57. The predicted molar refractivity (Wildman–Crippen MR) is 187 cm³/mol. The van der Waals surface area contributed by atoms with Gasteiger partial charge in [0.05, 0.1) is 0 Å². The molecule has 0 heterocycles. The Morgan fingerprint density at radius 1 is 0.333 bits per heavy atom. The zero-order valence-corrected chi connectivity index (χ0v) is 26.1. The molecule has 0 aromatic heterocycles. The largest absolute Gasteiger partial charge is 0.0622 e. The molecule has 6 aromatic rings. The van der Waals surface area contributed by atoms with Crippen molar-refractivity contribution in [2.75, 3.05) is 0 Å². The van der Waals surface area contributed by atoms with Gasteiger partial charge in [0.2, 0.25) is 0 Å². The van der Waals surface area contributed by atoms with E-state index < -0.39 is 0 Å². The van der Waals surface area contributed by atoms with Crippen molar-refractivity contribution in [3.8, 4) is 11.1 Å². The molecule has 0 spiro atoms. The van der Waals surface area contributed by atoms with Crippen molar-refractivity contribution in [2.45, 2.75) is 0 Å². The van der Waals surface area contributed by atoms with Gasteiger partial charge in [0.25, 0.3) is 0 Å². The Hall–Kier alpha value is -4.24. The molecule has 0 bridgehead atoms. The van der Waals surface area contributed by atoms with Gasteiger partial charge in [-0.05, 0) is 92.1 Å². The smallest absolute Gasteiger partial charge is 0.0175 e. The van der Waals surface area contributed by atoms with E-state index >= 15 is 0 Å². The van der Waals surface area contributed by atoms with Gasteiger partial charge in [-0.25, -0.2) is 0 Å². The van der Waals surface area contributed by atoms with Gasteiger partial charge >= 0.3 is 0 Å². The lowest BCUT2D eigenvalue weighted by Crippen LogP contribution is -1.89. The molecule has 202 valence electrons. The van der Waals surface area contributed by atoms with E-state index in [1.54, 1.807) is 0 Å². The van der Waals surface area contributed by atoms with Crippen LogP contribution in [0.25, 0.3) is 34.4 Å². The van der Waals surface area contributed by atoms with Gasteiger partial charge in [0.1, 0.15) is 0 Å². The van der Waals surface area contributed by atoms with Gasteiger partial charge in [0.15, 0.2) is 0 Å². The second kappa shape index (κ2) is 13.2. The van der Waals surface area contributed by atoms with E-state index in [-0.39, 0.29) is 0 Å². The van der Waals surface area contributed by atoms with Crippen molar-refractivity contribution < 1.29 is 0 Å². The van der Waals surface area contributed by atoms with Crippen LogP contribution in [-0.4, -0.2) is 0 Å². The third-order valence-electron chi connectivity index (χ3n) is 7.26. The molecule has 0 unspecified atom stereocenters. The van der Waals surface area contributed by atoms with E-state index in [9.17, 15) is 0 Å². The van der Waals surface area contributed by atoms with Crippen LogP contribution >= 0.6 is 31.9 Å². The minimum Gasteiger partial charge on any atom is -0.0622 e. The number of hydrogen-bond donors (Lipinski definition) is 0. The highest BCUT2D eigenvalue weighted by Gasteiger charge is 2.08. The van der Waals surface area contributed by atoms with Gasteiger partial charge in [-0.15, -0.1) is 0 Å². The third kappa shape index (κ3) is 6.79. The SMILES string of the molecule is Brc1ccc(/C(=C/c2ccc(-c3ccc(/C=C(\c4ccccc4)c4ccc(Br)cc4)cc3)cc2)c2ccccc2)cc1. The molecular weight excluding hydrogens is 640 g/mol. The number of halogens is 2. The van der Waals surface area contributed by atoms with Crippen LogP contribution in [0.15, 0.2) is 167 Å². The van der Waals surface area contributed by atoms with E-state index in [4.69, 9.17) is 0 Å². The summed E-state index contributed by atoms with van der Waals surface area (Å²) in [7, 11) is 0. The summed E-state index contributed by atoms with van der Waals surface area (Å²) in [6, 6.07) is 55.8. The minimum absolute atomic E-state index is 1.08. The lowest BCUT2D eigenvalue weighted by Gasteiger charge is -2.11. The topological polar surface area (TPSA) is 0 Å². The van der Waals surface area contributed by atoms with Crippen molar-refractivity contribution in [2.24, 2.45) is 0 Å². The summed E-state index contributed by atoms with van der Waals surface area (Å²) >= 11 is 7.13. The zero-order valence-electron chi connectivity index (χ0n) is 22.9. The Kier molecular flexibility index (Phi) is 8.75. The molecule has 0 aliphatic rings. The molecule has 0 amide bonds. The molecule has 0 atom stereocenters. The van der Waals surface area contributed by atoms with Crippen LogP contribution in [0.2, 0.25) is 0 Å². The summed E-state index contributed by atoms with van der Waals surface area (Å²) in [6.07, 6.45) is 4.53. The van der Waals surface area contributed by atoms with E-state index in [0.29, 0.717) is 0 Å². The molecule has 0 radical (unpaired) electrons. The van der Waals surface area contributed by atoms with Crippen LogP contribution in [0.5, 0.6) is 0 Å². The van der Waals surface area contributed by atoms with Crippen LogP contribution in [-0.2, 0) is 0 Å². The van der Waals surface area contributed by atoms with E-state index in [1.165, 1.54) is 55.7 Å². The van der Waals surface area contributed by atoms with Crippen molar-refractivity contribution in [1.82, 2.24) is 0 Å². The highest BCUT2D eigenvalue weighted by atomic mass is 79.9.